The number of nitrogen functional groups attached to an aromatic ring is 2. The zero-order valence-corrected chi connectivity index (χ0v) is 22.8. The van der Waals surface area contributed by atoms with Gasteiger partial charge in [0.1, 0.15) is 35.7 Å². The smallest absolute Gasteiger partial charge is 0.351 e. The Morgan fingerprint density at radius 3 is 2.71 bits per heavy atom. The molecule has 0 aliphatic carbocycles. The van der Waals surface area contributed by atoms with Crippen LogP contribution in [-0.4, -0.2) is 74.2 Å². The average Bonchev–Trinajstić information content (AvgIpc) is 3.51. The molecule has 21 heteroatoms. The molecule has 1 saturated heterocycles. The van der Waals surface area contributed by atoms with Crippen LogP contribution in [0.2, 0.25) is 0 Å². The second-order valence-corrected chi connectivity index (χ2v) is 10.4. The van der Waals surface area contributed by atoms with Crippen molar-refractivity contribution in [2.24, 2.45) is 4.88 Å². The van der Waals surface area contributed by atoms with Gasteiger partial charge in [-0.3, -0.25) is 9.13 Å². The molecule has 0 radical (unpaired) electrons. The molecule has 1 unspecified atom stereocenters. The van der Waals surface area contributed by atoms with Crippen molar-refractivity contribution >= 4 is 51.5 Å². The first-order valence-electron chi connectivity index (χ1n) is 10.5. The van der Waals surface area contributed by atoms with Gasteiger partial charge in [-0.1, -0.05) is 4.88 Å². The van der Waals surface area contributed by atoms with Crippen molar-refractivity contribution in [3.05, 3.63) is 45.8 Å². The normalized spacial score (nSPS) is 17.5. The minimum atomic E-state index is -4.16. The number of aromatic nitrogens is 6. The highest BCUT2D eigenvalue weighted by atomic mass is 32.2. The van der Waals surface area contributed by atoms with E-state index in [1.807, 2.05) is 9.39 Å². The molecule has 1 fully saturated rings. The van der Waals surface area contributed by atoms with E-state index in [9.17, 15) is 9.36 Å². The lowest BCUT2D eigenvalue weighted by Gasteiger charge is -2.14. The van der Waals surface area contributed by atoms with Gasteiger partial charge >= 0.3 is 13.3 Å². The molecule has 0 saturated carbocycles. The number of nitrogens with zero attached hydrogens (tertiary/aromatic N) is 9. The fourth-order valence-corrected chi connectivity index (χ4v) is 4.30. The largest absolute Gasteiger partial charge is 0.393 e. The number of hydrogen-bond donors (Lipinski definition) is 5. The number of thioether (sulfide) groups is 1. The summed E-state index contributed by atoms with van der Waals surface area (Å²) in [5.74, 6) is 1.10. The van der Waals surface area contributed by atoms with Crippen LogP contribution in [-0.2, 0) is 20.6 Å². The van der Waals surface area contributed by atoms with Gasteiger partial charge in [0.2, 0.25) is 0 Å². The van der Waals surface area contributed by atoms with Crippen molar-refractivity contribution in [3.8, 4) is 0 Å². The van der Waals surface area contributed by atoms with E-state index in [-0.39, 0.29) is 29.9 Å². The van der Waals surface area contributed by atoms with Crippen LogP contribution in [0.4, 0.5) is 11.6 Å². The first kappa shape index (κ1) is 31.4. The molecule has 0 spiro atoms. The molecule has 1 aliphatic rings. The number of anilines is 2. The Bertz CT molecular complexity index is 1350. The molecule has 3 aromatic rings. The molecule has 3 aromatic heterocycles. The predicted octanol–water partition coefficient (Wildman–Crippen LogP) is 0.441. The number of rotatable bonds is 7. The zero-order chi connectivity index (χ0) is 28.3. The molecular weight excluding hydrogens is 564 g/mol. The molecule has 1 aliphatic heterocycles. The summed E-state index contributed by atoms with van der Waals surface area (Å²) in [5.41, 5.74) is 18.7. The number of fused-ring (bicyclic) bond motifs is 1. The number of ether oxygens (including phenoxy) is 2. The SMILES string of the molecule is C[C@H](Cn1cnc2c(N)ncnc21)OCP(=O)(O)O.Nc1ccn([C@@H]2CS[C@H](CO)O2)c(=O)n1.[N-]=[N+]=NP. The van der Waals surface area contributed by atoms with Crippen LogP contribution in [0.15, 0.2) is 34.6 Å². The summed E-state index contributed by atoms with van der Waals surface area (Å²) in [7, 11) is -2.29. The summed E-state index contributed by atoms with van der Waals surface area (Å²) in [5, 5.41) is 8.88. The van der Waals surface area contributed by atoms with Crippen LogP contribution in [0.25, 0.3) is 21.6 Å². The first-order chi connectivity index (χ1) is 18.0. The maximum Gasteiger partial charge on any atom is 0.351 e. The second kappa shape index (κ2) is 14.9. The van der Waals surface area contributed by atoms with Crippen molar-refractivity contribution < 1.29 is 28.9 Å². The molecule has 4 heterocycles. The molecule has 0 aromatic carbocycles. The zero-order valence-electron chi connectivity index (χ0n) is 20.0. The fourth-order valence-electron chi connectivity index (χ4n) is 2.92. The number of nitrogens with two attached hydrogens (primary N) is 2. The predicted molar refractivity (Wildman–Crippen MR) is 142 cm³/mol. The van der Waals surface area contributed by atoms with Gasteiger partial charge in [0.25, 0.3) is 0 Å². The molecule has 18 nitrogen and oxygen atoms in total. The highest BCUT2D eigenvalue weighted by Crippen LogP contribution is 2.34. The molecule has 4 atom stereocenters. The molecule has 208 valence electrons. The highest BCUT2D eigenvalue weighted by molar-refractivity contribution is 8.00. The van der Waals surface area contributed by atoms with Crippen molar-refractivity contribution in [2.45, 2.75) is 31.2 Å². The van der Waals surface area contributed by atoms with E-state index in [2.05, 4.69) is 29.7 Å². The maximum atomic E-state index is 11.4. The number of imidazole rings is 1. The third kappa shape index (κ3) is 9.79. The number of aliphatic hydroxyl groups excluding tert-OH is 1. The average molecular weight is 591 g/mol. The summed E-state index contributed by atoms with van der Waals surface area (Å²) in [4.78, 5) is 49.6. The summed E-state index contributed by atoms with van der Waals surface area (Å²) in [6, 6.07) is 1.54. The molecule has 4 rings (SSSR count). The van der Waals surface area contributed by atoms with Crippen LogP contribution in [0.3, 0.4) is 0 Å². The van der Waals surface area contributed by atoms with Crippen molar-refractivity contribution in [3.63, 3.8) is 0 Å². The van der Waals surface area contributed by atoms with E-state index in [1.54, 1.807) is 23.8 Å². The highest BCUT2D eigenvalue weighted by Gasteiger charge is 2.27. The maximum absolute atomic E-state index is 11.4. The van der Waals surface area contributed by atoms with Gasteiger partial charge in [-0.05, 0) is 27.9 Å². The lowest BCUT2D eigenvalue weighted by molar-refractivity contribution is -0.00629. The van der Waals surface area contributed by atoms with Gasteiger partial charge in [-0.25, -0.2) is 19.7 Å². The molecule has 38 heavy (non-hydrogen) atoms. The topological polar surface area (TPSA) is 276 Å². The Hall–Kier alpha value is -2.85. The third-order valence-electron chi connectivity index (χ3n) is 4.51. The van der Waals surface area contributed by atoms with Crippen LogP contribution < -0.4 is 17.2 Å². The Kier molecular flexibility index (Phi) is 12.3. The number of aliphatic hydroxyl groups is 1. The molecule has 7 N–H and O–H groups in total. The Balaban J connectivity index is 0.000000239. The lowest BCUT2D eigenvalue weighted by atomic mass is 10.4. The first-order valence-corrected chi connectivity index (χ1v) is 13.9. The standard InChI is InChI=1S/C9H14N5O4P.C8H11N3O3S.H2N3P/c1-6(18-5-19(15,16)17)2-14-4-13-7-8(10)11-3-12-9(7)14;9-5-1-2-11(8(13)10-5)6-4-15-7(3-12)14-6;1-2-3-4/h3-4,6H,2,5H2,1H3,(H2,10,11,12)(H2,15,16,17);1-2,6-7,12H,3-4H2,(H2,9,10,13);4H2/t6-;6-,7+;/m10./s1. The van der Waals surface area contributed by atoms with Crippen molar-refractivity contribution in [1.82, 2.24) is 29.1 Å². The van der Waals surface area contributed by atoms with Gasteiger partial charge < -0.3 is 40.4 Å². The van der Waals surface area contributed by atoms with Gasteiger partial charge in [0.15, 0.2) is 11.5 Å². The second-order valence-electron chi connectivity index (χ2n) is 7.38. The van der Waals surface area contributed by atoms with Gasteiger partial charge in [0.05, 0.1) is 25.6 Å². The minimum absolute atomic E-state index is 0.0572. The monoisotopic (exact) mass is 591 g/mol. The van der Waals surface area contributed by atoms with Crippen LogP contribution in [0.5, 0.6) is 0 Å². The number of azide groups is 1. The van der Waals surface area contributed by atoms with Crippen LogP contribution >= 0.6 is 28.7 Å². The number of hydrogen-bond acceptors (Lipinski definition) is 13. The van der Waals surface area contributed by atoms with E-state index < -0.39 is 25.7 Å². The molecule has 0 bridgehead atoms. The summed E-state index contributed by atoms with van der Waals surface area (Å²) < 4.78 is 24.3. The van der Waals surface area contributed by atoms with Gasteiger partial charge in [-0.2, -0.15) is 4.98 Å². The fraction of sp³-hybridized carbons (Fsp3) is 0.471. The minimum Gasteiger partial charge on any atom is -0.393 e. The van der Waals surface area contributed by atoms with E-state index in [0.717, 1.165) is 0 Å². The van der Waals surface area contributed by atoms with Crippen molar-refractivity contribution in [1.29, 1.82) is 0 Å². The third-order valence-corrected chi connectivity index (χ3v) is 6.20. The Labute approximate surface area is 221 Å². The molecular formula is C17H27N11O7P2S. The van der Waals surface area contributed by atoms with E-state index in [0.29, 0.717) is 23.5 Å². The molecule has 0 amide bonds. The van der Waals surface area contributed by atoms with E-state index in [1.165, 1.54) is 29.0 Å². The van der Waals surface area contributed by atoms with E-state index in [4.69, 9.17) is 41.4 Å². The summed E-state index contributed by atoms with van der Waals surface area (Å²) >= 11 is 1.47. The van der Waals surface area contributed by atoms with Gasteiger partial charge in [-0.15, -0.1) is 11.8 Å². The van der Waals surface area contributed by atoms with Gasteiger partial charge in [0, 0.05) is 16.9 Å². The van der Waals surface area contributed by atoms with Crippen LogP contribution in [0.1, 0.15) is 13.2 Å². The summed E-state index contributed by atoms with van der Waals surface area (Å²) in [6.07, 6.45) is 3.03. The lowest BCUT2D eigenvalue weighted by Crippen LogP contribution is -2.28. The van der Waals surface area contributed by atoms with E-state index >= 15 is 0 Å². The van der Waals surface area contributed by atoms with Crippen molar-refractivity contribution in [2.75, 3.05) is 30.2 Å². The van der Waals surface area contributed by atoms with Crippen LogP contribution in [0, 0.1) is 0 Å². The quantitative estimate of drug-likeness (QED) is 0.108. The Morgan fingerprint density at radius 1 is 1.42 bits per heavy atom. The summed E-state index contributed by atoms with van der Waals surface area (Å²) in [6.45, 7) is 2.00. The Morgan fingerprint density at radius 2 is 2.13 bits per heavy atom.